The van der Waals surface area contributed by atoms with Gasteiger partial charge in [-0.25, -0.2) is 22.4 Å². The minimum absolute atomic E-state index is 0.0602. The number of hydrogen-bond donors (Lipinski definition) is 1. The molecule has 0 fully saturated rings. The van der Waals surface area contributed by atoms with Crippen molar-refractivity contribution >= 4 is 50.0 Å². The van der Waals surface area contributed by atoms with Gasteiger partial charge in [-0.05, 0) is 43.2 Å². The van der Waals surface area contributed by atoms with E-state index in [2.05, 4.69) is 9.97 Å². The van der Waals surface area contributed by atoms with Crippen LogP contribution in [0.3, 0.4) is 0 Å². The van der Waals surface area contributed by atoms with E-state index >= 15 is 0 Å². The minimum Gasteiger partial charge on any atom is -0.481 e. The smallest absolute Gasteiger partial charge is 0.303 e. The maximum Gasteiger partial charge on any atom is 0.303 e. The Bertz CT molecular complexity index is 1330. The third-order valence-corrected chi connectivity index (χ3v) is 7.32. The van der Waals surface area contributed by atoms with Gasteiger partial charge in [-0.2, -0.15) is 0 Å². The second-order valence-electron chi connectivity index (χ2n) is 6.56. The normalized spacial score (nSPS) is 11.8. The van der Waals surface area contributed by atoms with E-state index in [0.29, 0.717) is 28.7 Å². The molecule has 10 heteroatoms. The predicted octanol–water partition coefficient (Wildman–Crippen LogP) is 4.46. The molecule has 1 N–H and O–H groups in total. The van der Waals surface area contributed by atoms with Gasteiger partial charge in [0.05, 0.1) is 15.9 Å². The standard InChI is InChI=1S/C20H16ClN3O4S2/c21-18-8-7-17-16(23-18)12-14(4-2-6-19(25)26)24(17)30(27,28)15-5-1-3-13(11-15)20-22-9-10-29-20/h1,3,5,7-12H,2,4,6H2,(H,25,26). The Morgan fingerprint density at radius 3 is 2.77 bits per heavy atom. The molecule has 0 spiro atoms. The fourth-order valence-corrected chi connectivity index (χ4v) is 5.62. The van der Waals surface area contributed by atoms with Gasteiger partial charge in [-0.1, -0.05) is 23.7 Å². The van der Waals surface area contributed by atoms with E-state index in [-0.39, 0.29) is 22.9 Å². The number of benzene rings is 1. The lowest BCUT2D eigenvalue weighted by molar-refractivity contribution is -0.137. The molecule has 1 aromatic carbocycles. The summed E-state index contributed by atoms with van der Waals surface area (Å²) in [5.74, 6) is -0.933. The van der Waals surface area contributed by atoms with Crippen molar-refractivity contribution < 1.29 is 18.3 Å². The summed E-state index contributed by atoms with van der Waals surface area (Å²) >= 11 is 7.40. The monoisotopic (exact) mass is 461 g/mol. The fraction of sp³-hybridized carbons (Fsp3) is 0.150. The number of aryl methyl sites for hydroxylation is 1. The van der Waals surface area contributed by atoms with Gasteiger partial charge in [0, 0.05) is 29.3 Å². The van der Waals surface area contributed by atoms with Gasteiger partial charge < -0.3 is 5.11 Å². The Labute approximate surface area is 181 Å². The van der Waals surface area contributed by atoms with Crippen LogP contribution in [-0.2, 0) is 21.2 Å². The third-order valence-electron chi connectivity index (χ3n) is 4.53. The average molecular weight is 462 g/mol. The van der Waals surface area contributed by atoms with Crippen molar-refractivity contribution in [1.29, 1.82) is 0 Å². The van der Waals surface area contributed by atoms with Crippen molar-refractivity contribution in [2.45, 2.75) is 24.2 Å². The maximum atomic E-state index is 13.6. The number of hydrogen-bond acceptors (Lipinski definition) is 6. The number of aliphatic carboxylic acids is 1. The Hall–Kier alpha value is -2.75. The van der Waals surface area contributed by atoms with Crippen LogP contribution in [0.4, 0.5) is 0 Å². The van der Waals surface area contributed by atoms with Crippen LogP contribution in [0.2, 0.25) is 5.15 Å². The zero-order valence-corrected chi connectivity index (χ0v) is 17.9. The Morgan fingerprint density at radius 1 is 1.20 bits per heavy atom. The van der Waals surface area contributed by atoms with Gasteiger partial charge in [0.25, 0.3) is 10.0 Å². The van der Waals surface area contributed by atoms with E-state index in [1.54, 1.807) is 36.5 Å². The van der Waals surface area contributed by atoms with Gasteiger partial charge in [-0.15, -0.1) is 11.3 Å². The molecule has 0 radical (unpaired) electrons. The number of aromatic nitrogens is 3. The zero-order chi connectivity index (χ0) is 21.3. The summed E-state index contributed by atoms with van der Waals surface area (Å²) in [5, 5.41) is 11.7. The molecule has 0 saturated heterocycles. The molecule has 0 aliphatic carbocycles. The first-order chi connectivity index (χ1) is 14.4. The molecule has 0 atom stereocenters. The molecular weight excluding hydrogens is 446 g/mol. The number of thiazole rings is 1. The van der Waals surface area contributed by atoms with Crippen LogP contribution in [-0.4, -0.2) is 33.4 Å². The molecule has 0 aliphatic heterocycles. The quantitative estimate of drug-likeness (QED) is 0.408. The summed E-state index contributed by atoms with van der Waals surface area (Å²) in [4.78, 5) is 19.5. The maximum absolute atomic E-state index is 13.6. The summed E-state index contributed by atoms with van der Waals surface area (Å²) < 4.78 is 28.4. The Morgan fingerprint density at radius 2 is 2.03 bits per heavy atom. The number of rotatable bonds is 7. The highest BCUT2D eigenvalue weighted by molar-refractivity contribution is 7.90. The Balaban J connectivity index is 1.84. The molecule has 0 aliphatic rings. The molecule has 7 nitrogen and oxygen atoms in total. The molecule has 0 unspecified atom stereocenters. The fourth-order valence-electron chi connectivity index (χ4n) is 3.23. The number of carboxylic acid groups (broad SMARTS) is 1. The first-order valence-corrected chi connectivity index (χ1v) is 11.7. The first kappa shape index (κ1) is 20.5. The highest BCUT2D eigenvalue weighted by Crippen LogP contribution is 2.30. The molecule has 30 heavy (non-hydrogen) atoms. The Kier molecular flexibility index (Phi) is 5.59. The summed E-state index contributed by atoms with van der Waals surface area (Å²) in [5.41, 5.74) is 1.99. The number of halogens is 1. The van der Waals surface area contributed by atoms with E-state index in [1.165, 1.54) is 27.4 Å². The molecule has 154 valence electrons. The number of nitrogens with zero attached hydrogens (tertiary/aromatic N) is 3. The minimum atomic E-state index is -3.97. The van der Waals surface area contributed by atoms with Crippen LogP contribution in [0, 0.1) is 0 Å². The largest absolute Gasteiger partial charge is 0.481 e. The van der Waals surface area contributed by atoms with Crippen LogP contribution in [0.1, 0.15) is 18.5 Å². The molecule has 0 bridgehead atoms. The van der Waals surface area contributed by atoms with Crippen LogP contribution < -0.4 is 0 Å². The summed E-state index contributed by atoms with van der Waals surface area (Å²) in [6.45, 7) is 0. The van der Waals surface area contributed by atoms with Crippen LogP contribution in [0.25, 0.3) is 21.6 Å². The van der Waals surface area contributed by atoms with Gasteiger partial charge in [-0.3, -0.25) is 4.79 Å². The number of carboxylic acids is 1. The number of carbonyl (C=O) groups is 1. The van der Waals surface area contributed by atoms with Gasteiger partial charge in [0.2, 0.25) is 0 Å². The van der Waals surface area contributed by atoms with Crippen molar-refractivity contribution in [3.8, 4) is 10.6 Å². The topological polar surface area (TPSA) is 102 Å². The van der Waals surface area contributed by atoms with Gasteiger partial charge in [0.1, 0.15) is 10.2 Å². The van der Waals surface area contributed by atoms with Crippen LogP contribution in [0.5, 0.6) is 0 Å². The van der Waals surface area contributed by atoms with Crippen molar-refractivity contribution in [3.05, 3.63) is 64.9 Å². The molecule has 0 amide bonds. The summed E-state index contributed by atoms with van der Waals surface area (Å²) in [7, 11) is -3.97. The number of pyridine rings is 1. The highest BCUT2D eigenvalue weighted by Gasteiger charge is 2.24. The van der Waals surface area contributed by atoms with Crippen molar-refractivity contribution in [1.82, 2.24) is 13.9 Å². The molecule has 4 rings (SSSR count). The highest BCUT2D eigenvalue weighted by atomic mass is 35.5. The molecule has 0 saturated carbocycles. The van der Waals surface area contributed by atoms with Gasteiger partial charge in [0.15, 0.2) is 0 Å². The average Bonchev–Trinajstić information content (AvgIpc) is 3.35. The first-order valence-electron chi connectivity index (χ1n) is 9.00. The molecule has 3 aromatic heterocycles. The lowest BCUT2D eigenvalue weighted by Gasteiger charge is -2.12. The van der Waals surface area contributed by atoms with E-state index in [0.717, 1.165) is 5.01 Å². The third kappa shape index (κ3) is 3.96. The summed E-state index contributed by atoms with van der Waals surface area (Å²) in [6, 6.07) is 11.4. The second kappa shape index (κ2) is 8.17. The van der Waals surface area contributed by atoms with E-state index in [4.69, 9.17) is 16.7 Å². The second-order valence-corrected chi connectivity index (χ2v) is 9.62. The number of fused-ring (bicyclic) bond motifs is 1. The van der Waals surface area contributed by atoms with Crippen molar-refractivity contribution in [2.75, 3.05) is 0 Å². The lowest BCUT2D eigenvalue weighted by Crippen LogP contribution is -2.16. The SMILES string of the molecule is O=C(O)CCCc1cc2nc(Cl)ccc2n1S(=O)(=O)c1cccc(-c2nccs2)c1. The van der Waals surface area contributed by atoms with E-state index in [1.807, 2.05) is 5.38 Å². The van der Waals surface area contributed by atoms with Crippen LogP contribution >= 0.6 is 22.9 Å². The lowest BCUT2D eigenvalue weighted by atomic mass is 10.2. The summed E-state index contributed by atoms with van der Waals surface area (Å²) in [6.07, 6.45) is 2.17. The zero-order valence-electron chi connectivity index (χ0n) is 15.5. The van der Waals surface area contributed by atoms with E-state index < -0.39 is 16.0 Å². The van der Waals surface area contributed by atoms with E-state index in [9.17, 15) is 13.2 Å². The van der Waals surface area contributed by atoms with Crippen LogP contribution in [0.15, 0.2) is 58.9 Å². The molecular formula is C20H16ClN3O4S2. The molecule has 3 heterocycles. The molecule has 4 aromatic rings. The van der Waals surface area contributed by atoms with Crippen molar-refractivity contribution in [2.24, 2.45) is 0 Å². The predicted molar refractivity (Wildman–Crippen MR) is 115 cm³/mol. The van der Waals surface area contributed by atoms with Crippen molar-refractivity contribution in [3.63, 3.8) is 0 Å². The van der Waals surface area contributed by atoms with Gasteiger partial charge >= 0.3 is 5.97 Å².